The van der Waals surface area contributed by atoms with Crippen molar-refractivity contribution in [2.45, 2.75) is 46.1 Å². The molecule has 0 aromatic heterocycles. The summed E-state index contributed by atoms with van der Waals surface area (Å²) in [5, 5.41) is 0. The van der Waals surface area contributed by atoms with E-state index in [2.05, 4.69) is 32.9 Å². The van der Waals surface area contributed by atoms with Gasteiger partial charge in [-0.2, -0.15) is 0 Å². The fourth-order valence-electron chi connectivity index (χ4n) is 1.73. The van der Waals surface area contributed by atoms with Crippen molar-refractivity contribution in [1.82, 2.24) is 0 Å². The third-order valence-electron chi connectivity index (χ3n) is 2.81. The van der Waals surface area contributed by atoms with Crippen molar-refractivity contribution in [3.05, 3.63) is 29.8 Å². The number of nitrogens with two attached hydrogens (primary N) is 1. The zero-order valence-electron chi connectivity index (χ0n) is 11.3. The van der Waals surface area contributed by atoms with Crippen LogP contribution in [0.15, 0.2) is 24.3 Å². The molecule has 0 aliphatic rings. The molecule has 1 aromatic carbocycles. The van der Waals surface area contributed by atoms with Gasteiger partial charge in [-0.25, -0.2) is 0 Å². The number of hydrogen-bond acceptors (Lipinski definition) is 2. The van der Waals surface area contributed by atoms with Gasteiger partial charge in [0, 0.05) is 6.04 Å². The highest BCUT2D eigenvalue weighted by molar-refractivity contribution is 5.30. The van der Waals surface area contributed by atoms with E-state index in [0.717, 1.165) is 25.2 Å². The molecule has 17 heavy (non-hydrogen) atoms. The maximum atomic E-state index is 6.19. The second-order valence-corrected chi connectivity index (χ2v) is 5.00. The summed E-state index contributed by atoms with van der Waals surface area (Å²) in [6.07, 6.45) is 3.24. The molecule has 1 rings (SSSR count). The van der Waals surface area contributed by atoms with Crippen LogP contribution in [0.2, 0.25) is 0 Å². The van der Waals surface area contributed by atoms with Crippen LogP contribution >= 0.6 is 0 Å². The topological polar surface area (TPSA) is 35.2 Å². The number of rotatable bonds is 7. The van der Waals surface area contributed by atoms with Gasteiger partial charge in [-0.05, 0) is 42.9 Å². The zero-order valence-corrected chi connectivity index (χ0v) is 11.3. The maximum absolute atomic E-state index is 6.19. The number of ether oxygens (including phenoxy) is 1. The lowest BCUT2D eigenvalue weighted by Gasteiger charge is -2.14. The highest BCUT2D eigenvalue weighted by atomic mass is 16.5. The lowest BCUT2D eigenvalue weighted by molar-refractivity contribution is 0.317. The van der Waals surface area contributed by atoms with Crippen LogP contribution in [0.25, 0.3) is 0 Å². The summed E-state index contributed by atoms with van der Waals surface area (Å²) in [5.74, 6) is 1.64. The molecule has 1 unspecified atom stereocenters. The van der Waals surface area contributed by atoms with E-state index in [1.807, 2.05) is 12.1 Å². The first kappa shape index (κ1) is 14.0. The Morgan fingerprint density at radius 3 is 2.65 bits per heavy atom. The van der Waals surface area contributed by atoms with Crippen molar-refractivity contribution in [2.24, 2.45) is 11.7 Å². The van der Waals surface area contributed by atoms with Gasteiger partial charge in [0.1, 0.15) is 5.75 Å². The molecule has 0 saturated heterocycles. The van der Waals surface area contributed by atoms with E-state index in [-0.39, 0.29) is 6.04 Å². The van der Waals surface area contributed by atoms with Gasteiger partial charge >= 0.3 is 0 Å². The quantitative estimate of drug-likeness (QED) is 0.777. The summed E-state index contributed by atoms with van der Waals surface area (Å²) in [4.78, 5) is 0. The maximum Gasteiger partial charge on any atom is 0.119 e. The fraction of sp³-hybridized carbons (Fsp3) is 0.600. The molecule has 1 atom stereocenters. The van der Waals surface area contributed by atoms with Crippen molar-refractivity contribution in [1.29, 1.82) is 0 Å². The summed E-state index contributed by atoms with van der Waals surface area (Å²) in [5.41, 5.74) is 7.37. The van der Waals surface area contributed by atoms with Gasteiger partial charge in [-0.1, -0.05) is 32.9 Å². The van der Waals surface area contributed by atoms with E-state index in [1.165, 1.54) is 12.0 Å². The van der Waals surface area contributed by atoms with E-state index >= 15 is 0 Å². The standard InChI is InChI=1S/C15H25NO/c1-4-10-17-14-7-5-6-13(11-14)15(16)9-8-12(2)3/h5-7,11-12,15H,4,8-10,16H2,1-3H3. The minimum absolute atomic E-state index is 0.127. The molecule has 0 bridgehead atoms. The smallest absolute Gasteiger partial charge is 0.119 e. The molecule has 0 aliphatic carbocycles. The Hall–Kier alpha value is -1.02. The molecule has 96 valence electrons. The van der Waals surface area contributed by atoms with E-state index in [4.69, 9.17) is 10.5 Å². The van der Waals surface area contributed by atoms with Crippen LogP contribution < -0.4 is 10.5 Å². The average Bonchev–Trinajstić information content (AvgIpc) is 2.33. The monoisotopic (exact) mass is 235 g/mol. The highest BCUT2D eigenvalue weighted by Crippen LogP contribution is 2.22. The molecule has 0 spiro atoms. The normalized spacial score (nSPS) is 12.8. The molecule has 0 heterocycles. The first-order valence-electron chi connectivity index (χ1n) is 6.61. The van der Waals surface area contributed by atoms with Crippen LogP contribution in [0.1, 0.15) is 51.6 Å². The molecule has 1 aromatic rings. The molecule has 0 radical (unpaired) electrons. The Labute approximate surface area is 105 Å². The summed E-state index contributed by atoms with van der Waals surface area (Å²) < 4.78 is 5.62. The minimum Gasteiger partial charge on any atom is -0.494 e. The van der Waals surface area contributed by atoms with Crippen LogP contribution in [0.4, 0.5) is 0 Å². The molecule has 0 fully saturated rings. The number of benzene rings is 1. The van der Waals surface area contributed by atoms with Crippen molar-refractivity contribution in [3.63, 3.8) is 0 Å². The summed E-state index contributed by atoms with van der Waals surface area (Å²) in [7, 11) is 0. The lowest BCUT2D eigenvalue weighted by atomic mass is 9.98. The summed E-state index contributed by atoms with van der Waals surface area (Å²) in [6.45, 7) is 7.34. The predicted molar refractivity (Wildman–Crippen MR) is 73.2 cm³/mol. The second kappa shape index (κ2) is 7.33. The molecule has 0 amide bonds. The minimum atomic E-state index is 0.127. The molecule has 2 N–H and O–H groups in total. The third kappa shape index (κ3) is 5.22. The van der Waals surface area contributed by atoms with Gasteiger partial charge in [-0.3, -0.25) is 0 Å². The first-order chi connectivity index (χ1) is 8.13. The van der Waals surface area contributed by atoms with Gasteiger partial charge < -0.3 is 10.5 Å². The van der Waals surface area contributed by atoms with Crippen LogP contribution in [-0.4, -0.2) is 6.61 Å². The van der Waals surface area contributed by atoms with E-state index in [9.17, 15) is 0 Å². The van der Waals surface area contributed by atoms with E-state index in [1.54, 1.807) is 0 Å². The first-order valence-corrected chi connectivity index (χ1v) is 6.61. The molecular formula is C15H25NO. The van der Waals surface area contributed by atoms with Gasteiger partial charge in [0.25, 0.3) is 0 Å². The van der Waals surface area contributed by atoms with Gasteiger partial charge in [-0.15, -0.1) is 0 Å². The summed E-state index contributed by atoms with van der Waals surface area (Å²) >= 11 is 0. The molecule has 0 aliphatic heterocycles. The second-order valence-electron chi connectivity index (χ2n) is 5.00. The van der Waals surface area contributed by atoms with Gasteiger partial charge in [0.2, 0.25) is 0 Å². The Morgan fingerprint density at radius 2 is 2.00 bits per heavy atom. The molecule has 2 heteroatoms. The van der Waals surface area contributed by atoms with Crippen LogP contribution in [-0.2, 0) is 0 Å². The van der Waals surface area contributed by atoms with Crippen LogP contribution in [0.5, 0.6) is 5.75 Å². The summed E-state index contributed by atoms with van der Waals surface area (Å²) in [6, 6.07) is 8.30. The SMILES string of the molecule is CCCOc1cccc(C(N)CCC(C)C)c1. The van der Waals surface area contributed by atoms with Crippen LogP contribution in [0.3, 0.4) is 0 Å². The average molecular weight is 235 g/mol. The van der Waals surface area contributed by atoms with E-state index < -0.39 is 0 Å². The Bertz CT molecular complexity index is 322. The van der Waals surface area contributed by atoms with Crippen molar-refractivity contribution in [3.8, 4) is 5.75 Å². The molecule has 0 saturated carbocycles. The van der Waals surface area contributed by atoms with Gasteiger partial charge in [0.05, 0.1) is 6.61 Å². The number of hydrogen-bond donors (Lipinski definition) is 1. The molecular weight excluding hydrogens is 210 g/mol. The predicted octanol–water partition coefficient (Wildman–Crippen LogP) is 3.91. The lowest BCUT2D eigenvalue weighted by Crippen LogP contribution is -2.11. The largest absolute Gasteiger partial charge is 0.494 e. The van der Waals surface area contributed by atoms with Gasteiger partial charge in [0.15, 0.2) is 0 Å². The van der Waals surface area contributed by atoms with Crippen molar-refractivity contribution < 1.29 is 4.74 Å². The Morgan fingerprint density at radius 1 is 1.24 bits per heavy atom. The van der Waals surface area contributed by atoms with Crippen molar-refractivity contribution in [2.75, 3.05) is 6.61 Å². The van der Waals surface area contributed by atoms with Crippen molar-refractivity contribution >= 4 is 0 Å². The zero-order chi connectivity index (χ0) is 12.7. The molecule has 2 nitrogen and oxygen atoms in total. The van der Waals surface area contributed by atoms with Crippen LogP contribution in [0, 0.1) is 5.92 Å². The Kier molecular flexibility index (Phi) is 6.06. The fourth-order valence-corrected chi connectivity index (χ4v) is 1.73. The Balaban J connectivity index is 2.57. The third-order valence-corrected chi connectivity index (χ3v) is 2.81. The van der Waals surface area contributed by atoms with E-state index in [0.29, 0.717) is 5.92 Å². The highest BCUT2D eigenvalue weighted by Gasteiger charge is 2.07.